The Morgan fingerprint density at radius 3 is 2.48 bits per heavy atom. The van der Waals surface area contributed by atoms with Crippen molar-refractivity contribution < 1.29 is 4.79 Å². The summed E-state index contributed by atoms with van der Waals surface area (Å²) in [6.45, 7) is 4.39. The van der Waals surface area contributed by atoms with Crippen LogP contribution in [0.5, 0.6) is 0 Å². The number of para-hydroxylation sites is 1. The van der Waals surface area contributed by atoms with E-state index in [1.165, 1.54) is 0 Å². The molecule has 0 radical (unpaired) electrons. The van der Waals surface area contributed by atoms with Gasteiger partial charge in [0.1, 0.15) is 5.56 Å². The highest BCUT2D eigenvalue weighted by molar-refractivity contribution is 6.07. The Bertz CT molecular complexity index is 911. The van der Waals surface area contributed by atoms with Crippen LogP contribution in [0.4, 0.5) is 5.69 Å². The number of nitrogens with one attached hydrogen (secondary N) is 1. The van der Waals surface area contributed by atoms with E-state index >= 15 is 0 Å². The molecule has 0 spiro atoms. The number of H-pyrrole nitrogens is 1. The van der Waals surface area contributed by atoms with Gasteiger partial charge in [0.15, 0.2) is 0 Å². The third kappa shape index (κ3) is 2.88. The van der Waals surface area contributed by atoms with Crippen LogP contribution in [0.25, 0.3) is 10.9 Å². The molecule has 4 heteroatoms. The van der Waals surface area contributed by atoms with Crippen LogP contribution in [-0.4, -0.2) is 17.4 Å². The number of hydrogen-bond acceptors (Lipinski definition) is 2. The van der Waals surface area contributed by atoms with Crippen LogP contribution in [0.15, 0.2) is 59.4 Å². The van der Waals surface area contributed by atoms with E-state index in [1.54, 1.807) is 11.0 Å². The van der Waals surface area contributed by atoms with E-state index in [4.69, 9.17) is 0 Å². The monoisotopic (exact) mass is 306 g/mol. The van der Waals surface area contributed by atoms with Crippen molar-refractivity contribution >= 4 is 22.5 Å². The Morgan fingerprint density at radius 2 is 1.78 bits per heavy atom. The summed E-state index contributed by atoms with van der Waals surface area (Å²) in [5, 5.41) is 0.843. The van der Waals surface area contributed by atoms with Crippen molar-refractivity contribution in [1.82, 2.24) is 4.98 Å². The molecule has 1 heterocycles. The summed E-state index contributed by atoms with van der Waals surface area (Å²) in [6, 6.07) is 16.8. The molecule has 0 saturated carbocycles. The molecule has 3 rings (SSSR count). The third-order valence-electron chi connectivity index (χ3n) is 3.89. The van der Waals surface area contributed by atoms with Crippen molar-refractivity contribution in [2.75, 3.05) is 11.4 Å². The number of hydrogen-bond donors (Lipinski definition) is 1. The Morgan fingerprint density at radius 1 is 1.09 bits per heavy atom. The Balaban J connectivity index is 2.05. The molecule has 3 aromatic rings. The van der Waals surface area contributed by atoms with Gasteiger partial charge in [-0.2, -0.15) is 0 Å². The summed E-state index contributed by atoms with van der Waals surface area (Å²) < 4.78 is 0. The van der Waals surface area contributed by atoms with Crippen LogP contribution in [0.1, 0.15) is 22.8 Å². The number of benzene rings is 2. The van der Waals surface area contributed by atoms with Crippen molar-refractivity contribution in [3.63, 3.8) is 0 Å². The molecule has 0 fully saturated rings. The van der Waals surface area contributed by atoms with Crippen LogP contribution in [0.2, 0.25) is 0 Å². The highest BCUT2D eigenvalue weighted by Gasteiger charge is 2.19. The number of pyridine rings is 1. The van der Waals surface area contributed by atoms with Gasteiger partial charge in [-0.25, -0.2) is 0 Å². The minimum absolute atomic E-state index is 0.158. The van der Waals surface area contributed by atoms with Crippen LogP contribution in [0, 0.1) is 6.92 Å². The molecule has 0 saturated heterocycles. The number of fused-ring (bicyclic) bond motifs is 1. The van der Waals surface area contributed by atoms with Crippen LogP contribution in [-0.2, 0) is 0 Å². The molecule has 1 N–H and O–H groups in total. The molecule has 23 heavy (non-hydrogen) atoms. The van der Waals surface area contributed by atoms with Crippen LogP contribution < -0.4 is 10.5 Å². The van der Waals surface area contributed by atoms with Gasteiger partial charge in [0.05, 0.1) is 0 Å². The van der Waals surface area contributed by atoms with E-state index in [1.807, 2.05) is 62.4 Å². The Kier molecular flexibility index (Phi) is 3.98. The van der Waals surface area contributed by atoms with E-state index < -0.39 is 0 Å². The molecule has 1 aromatic heterocycles. The molecular formula is C19H18N2O2. The molecular weight excluding hydrogens is 288 g/mol. The molecule has 1 amide bonds. The maximum Gasteiger partial charge on any atom is 0.263 e. The molecule has 0 aliphatic carbocycles. The van der Waals surface area contributed by atoms with Crippen LogP contribution in [0.3, 0.4) is 0 Å². The van der Waals surface area contributed by atoms with E-state index in [0.29, 0.717) is 6.54 Å². The number of amides is 1. The van der Waals surface area contributed by atoms with E-state index in [0.717, 1.165) is 22.2 Å². The van der Waals surface area contributed by atoms with Gasteiger partial charge in [-0.05, 0) is 43.5 Å². The second-order valence-corrected chi connectivity index (χ2v) is 5.48. The average molecular weight is 306 g/mol. The minimum atomic E-state index is -0.362. The van der Waals surface area contributed by atoms with Crippen molar-refractivity contribution in [2.45, 2.75) is 13.8 Å². The lowest BCUT2D eigenvalue weighted by atomic mass is 10.1. The summed E-state index contributed by atoms with van der Waals surface area (Å²) in [4.78, 5) is 29.5. The number of aryl methyl sites for hydroxylation is 1. The van der Waals surface area contributed by atoms with Crippen LogP contribution >= 0.6 is 0 Å². The standard InChI is InChI=1S/C19H18N2O2/c1-3-21(15-10-8-13(2)9-11-15)19(23)16-12-14-6-4-5-7-17(14)20-18(16)22/h4-12H,3H2,1-2H3,(H,20,22). The summed E-state index contributed by atoms with van der Waals surface area (Å²) in [5.74, 6) is -0.289. The number of anilines is 1. The molecule has 0 aliphatic rings. The third-order valence-corrected chi connectivity index (χ3v) is 3.89. The molecule has 0 aliphatic heterocycles. The first-order valence-electron chi connectivity index (χ1n) is 7.60. The number of carbonyl (C=O) groups is 1. The number of rotatable bonds is 3. The summed E-state index contributed by atoms with van der Waals surface area (Å²) >= 11 is 0. The second kappa shape index (κ2) is 6.08. The zero-order chi connectivity index (χ0) is 16.4. The lowest BCUT2D eigenvalue weighted by molar-refractivity contribution is 0.0987. The molecule has 4 nitrogen and oxygen atoms in total. The van der Waals surface area contributed by atoms with Gasteiger partial charge in [-0.1, -0.05) is 35.9 Å². The van der Waals surface area contributed by atoms with Crippen molar-refractivity contribution in [3.05, 3.63) is 76.1 Å². The van der Waals surface area contributed by atoms with Gasteiger partial charge >= 0.3 is 0 Å². The summed E-state index contributed by atoms with van der Waals surface area (Å²) in [7, 11) is 0. The fraction of sp³-hybridized carbons (Fsp3) is 0.158. The highest BCUT2D eigenvalue weighted by Crippen LogP contribution is 2.18. The normalized spacial score (nSPS) is 10.7. The largest absolute Gasteiger partial charge is 0.321 e. The average Bonchev–Trinajstić information content (AvgIpc) is 2.56. The quantitative estimate of drug-likeness (QED) is 0.805. The lowest BCUT2D eigenvalue weighted by Gasteiger charge is -2.21. The fourth-order valence-corrected chi connectivity index (χ4v) is 2.62. The highest BCUT2D eigenvalue weighted by atomic mass is 16.2. The molecule has 0 bridgehead atoms. The molecule has 0 atom stereocenters. The van der Waals surface area contributed by atoms with Gasteiger partial charge in [0.2, 0.25) is 0 Å². The molecule has 0 unspecified atom stereocenters. The van der Waals surface area contributed by atoms with Gasteiger partial charge in [-0.15, -0.1) is 0 Å². The van der Waals surface area contributed by atoms with E-state index in [9.17, 15) is 9.59 Å². The SMILES string of the molecule is CCN(C(=O)c1cc2ccccc2[nH]c1=O)c1ccc(C)cc1. The van der Waals surface area contributed by atoms with Gasteiger partial charge in [0.25, 0.3) is 11.5 Å². The molecule has 2 aromatic carbocycles. The minimum Gasteiger partial charge on any atom is -0.321 e. The Hall–Kier alpha value is -2.88. The van der Waals surface area contributed by atoms with Crippen molar-refractivity contribution in [3.8, 4) is 0 Å². The molecule has 116 valence electrons. The maximum absolute atomic E-state index is 12.8. The second-order valence-electron chi connectivity index (χ2n) is 5.48. The Labute approximate surface area is 134 Å². The number of carbonyl (C=O) groups excluding carboxylic acids is 1. The van der Waals surface area contributed by atoms with Crippen molar-refractivity contribution in [2.24, 2.45) is 0 Å². The number of nitrogens with zero attached hydrogens (tertiary/aromatic N) is 1. The van der Waals surface area contributed by atoms with Crippen molar-refractivity contribution in [1.29, 1.82) is 0 Å². The lowest BCUT2D eigenvalue weighted by Crippen LogP contribution is -2.34. The van der Waals surface area contributed by atoms with Gasteiger partial charge in [0, 0.05) is 17.7 Å². The smallest absolute Gasteiger partial charge is 0.263 e. The first kappa shape index (κ1) is 15.0. The van der Waals surface area contributed by atoms with E-state index in [-0.39, 0.29) is 17.0 Å². The topological polar surface area (TPSA) is 53.2 Å². The number of aromatic nitrogens is 1. The summed E-state index contributed by atoms with van der Waals surface area (Å²) in [6.07, 6.45) is 0. The fourth-order valence-electron chi connectivity index (χ4n) is 2.62. The zero-order valence-corrected chi connectivity index (χ0v) is 13.2. The number of aromatic amines is 1. The zero-order valence-electron chi connectivity index (χ0n) is 13.2. The summed E-state index contributed by atoms with van der Waals surface area (Å²) in [5.41, 5.74) is 2.44. The van der Waals surface area contributed by atoms with Gasteiger partial charge < -0.3 is 9.88 Å². The predicted octanol–water partition coefficient (Wildman–Crippen LogP) is 3.50. The maximum atomic E-state index is 12.8. The predicted molar refractivity (Wildman–Crippen MR) is 93.1 cm³/mol. The van der Waals surface area contributed by atoms with Gasteiger partial charge in [-0.3, -0.25) is 9.59 Å². The van der Waals surface area contributed by atoms with E-state index in [2.05, 4.69) is 4.98 Å². The first-order valence-corrected chi connectivity index (χ1v) is 7.60. The first-order chi connectivity index (χ1) is 11.1.